The summed E-state index contributed by atoms with van der Waals surface area (Å²) in [6, 6.07) is 8.63. The van der Waals surface area contributed by atoms with Gasteiger partial charge in [-0.15, -0.1) is 0 Å². The van der Waals surface area contributed by atoms with Gasteiger partial charge in [-0.05, 0) is 31.0 Å². The van der Waals surface area contributed by atoms with Crippen LogP contribution in [0.3, 0.4) is 0 Å². The highest BCUT2D eigenvalue weighted by atomic mass is 16.5. The lowest BCUT2D eigenvalue weighted by molar-refractivity contribution is -0.114. The lowest BCUT2D eigenvalue weighted by Gasteiger charge is -2.10. The number of hydrogen-bond acceptors (Lipinski definition) is 6. The monoisotopic (exact) mass is 346 g/mol. The lowest BCUT2D eigenvalue weighted by atomic mass is 10.2. The fraction of sp³-hybridized carbons (Fsp3) is 0.353. The number of rotatable bonds is 7. The van der Waals surface area contributed by atoms with E-state index in [1.807, 2.05) is 13.8 Å². The molecule has 0 atom stereocenters. The molecule has 0 aliphatic rings. The van der Waals surface area contributed by atoms with Gasteiger partial charge in [0.1, 0.15) is 0 Å². The summed E-state index contributed by atoms with van der Waals surface area (Å²) in [7, 11) is 0. The van der Waals surface area contributed by atoms with Crippen molar-refractivity contribution in [2.75, 3.05) is 29.1 Å². The van der Waals surface area contributed by atoms with Gasteiger partial charge in [0.05, 0.1) is 18.8 Å². The number of nitrogens with zero attached hydrogens (tertiary/aromatic N) is 1. The van der Waals surface area contributed by atoms with Gasteiger partial charge in [0, 0.05) is 17.4 Å². The maximum absolute atomic E-state index is 11.9. The second-order valence-corrected chi connectivity index (χ2v) is 5.93. The van der Waals surface area contributed by atoms with Gasteiger partial charge in [0.2, 0.25) is 11.8 Å². The third kappa shape index (κ3) is 6.54. The van der Waals surface area contributed by atoms with E-state index in [4.69, 9.17) is 9.26 Å². The van der Waals surface area contributed by atoms with Crippen LogP contribution in [0.1, 0.15) is 19.5 Å². The molecule has 0 radical (unpaired) electrons. The van der Waals surface area contributed by atoms with Crippen LogP contribution in [0.15, 0.2) is 34.9 Å². The minimum Gasteiger partial charge on any atom is -0.449 e. The minimum atomic E-state index is -0.510. The number of ether oxygens (including phenoxy) is 1. The average Bonchev–Trinajstić information content (AvgIpc) is 2.96. The third-order valence-corrected chi connectivity index (χ3v) is 3.00. The van der Waals surface area contributed by atoms with E-state index >= 15 is 0 Å². The van der Waals surface area contributed by atoms with Crippen LogP contribution in [0.4, 0.5) is 22.1 Å². The van der Waals surface area contributed by atoms with E-state index in [0.717, 1.165) is 0 Å². The van der Waals surface area contributed by atoms with Gasteiger partial charge in [-0.25, -0.2) is 4.79 Å². The molecule has 8 heteroatoms. The van der Waals surface area contributed by atoms with Crippen LogP contribution in [-0.4, -0.2) is 30.3 Å². The summed E-state index contributed by atoms with van der Waals surface area (Å²) in [4.78, 5) is 23.5. The molecule has 0 spiro atoms. The summed E-state index contributed by atoms with van der Waals surface area (Å²) >= 11 is 0. The van der Waals surface area contributed by atoms with Gasteiger partial charge in [0.25, 0.3) is 0 Å². The quantitative estimate of drug-likeness (QED) is 0.711. The molecule has 1 aromatic carbocycles. The van der Waals surface area contributed by atoms with Crippen LogP contribution < -0.4 is 16.0 Å². The number of amides is 2. The molecular formula is C17H22N4O4. The van der Waals surface area contributed by atoms with Gasteiger partial charge < -0.3 is 14.6 Å². The zero-order valence-electron chi connectivity index (χ0n) is 14.5. The SMILES string of the molecule is Cc1cc(NC(=O)CNc2cccc(NC(=O)OCC(C)C)c2)on1. The molecule has 25 heavy (non-hydrogen) atoms. The molecule has 1 aromatic heterocycles. The number of hydrogen-bond donors (Lipinski definition) is 3. The molecule has 0 aliphatic carbocycles. The number of anilines is 3. The van der Waals surface area contributed by atoms with Crippen LogP contribution in [0.5, 0.6) is 0 Å². The van der Waals surface area contributed by atoms with Gasteiger partial charge in [-0.1, -0.05) is 25.1 Å². The molecule has 2 rings (SSSR count). The van der Waals surface area contributed by atoms with Gasteiger partial charge in [-0.3, -0.25) is 15.4 Å². The fourth-order valence-electron chi connectivity index (χ4n) is 1.89. The standard InChI is InChI=1S/C17H22N4O4/c1-11(2)10-24-17(23)19-14-6-4-5-13(8-14)18-9-15(22)20-16-7-12(3)21-25-16/h4-8,11,18H,9-10H2,1-3H3,(H,19,23)(H,20,22). The maximum atomic E-state index is 11.9. The Morgan fingerprint density at radius 1 is 1.20 bits per heavy atom. The largest absolute Gasteiger partial charge is 0.449 e. The fourth-order valence-corrected chi connectivity index (χ4v) is 1.89. The first-order chi connectivity index (χ1) is 11.9. The summed E-state index contributed by atoms with van der Waals surface area (Å²) in [6.45, 7) is 6.08. The van der Waals surface area contributed by atoms with E-state index < -0.39 is 6.09 Å². The molecule has 0 saturated carbocycles. The molecule has 134 valence electrons. The van der Waals surface area contributed by atoms with Crippen LogP contribution in [0.2, 0.25) is 0 Å². The number of carbonyl (C=O) groups excluding carboxylic acids is 2. The van der Waals surface area contributed by atoms with Crippen molar-refractivity contribution in [3.63, 3.8) is 0 Å². The Kier molecular flexibility index (Phi) is 6.39. The van der Waals surface area contributed by atoms with Crippen LogP contribution >= 0.6 is 0 Å². The summed E-state index contributed by atoms with van der Waals surface area (Å²) in [5.74, 6) is 0.295. The van der Waals surface area contributed by atoms with E-state index in [1.165, 1.54) is 0 Å². The lowest BCUT2D eigenvalue weighted by Crippen LogP contribution is -2.21. The molecular weight excluding hydrogens is 324 g/mol. The first kappa shape index (κ1) is 18.3. The Bertz CT molecular complexity index is 727. The van der Waals surface area contributed by atoms with Crippen molar-refractivity contribution in [2.45, 2.75) is 20.8 Å². The third-order valence-electron chi connectivity index (χ3n) is 3.00. The maximum Gasteiger partial charge on any atom is 0.411 e. The van der Waals surface area contributed by atoms with Crippen LogP contribution in [0, 0.1) is 12.8 Å². The van der Waals surface area contributed by atoms with Crippen LogP contribution in [0.25, 0.3) is 0 Å². The Morgan fingerprint density at radius 2 is 1.96 bits per heavy atom. The minimum absolute atomic E-state index is 0.0427. The van der Waals surface area contributed by atoms with Crippen LogP contribution in [-0.2, 0) is 9.53 Å². The molecule has 0 saturated heterocycles. The number of benzene rings is 1. The molecule has 0 fully saturated rings. The topological polar surface area (TPSA) is 105 Å². The molecule has 3 N–H and O–H groups in total. The van der Waals surface area contributed by atoms with E-state index in [2.05, 4.69) is 21.1 Å². The number of carbonyl (C=O) groups is 2. The van der Waals surface area contributed by atoms with Crippen molar-refractivity contribution >= 4 is 29.3 Å². The highest BCUT2D eigenvalue weighted by Gasteiger charge is 2.08. The summed E-state index contributed by atoms with van der Waals surface area (Å²) in [5, 5.41) is 11.9. The van der Waals surface area contributed by atoms with Crippen molar-refractivity contribution < 1.29 is 18.8 Å². The molecule has 0 aliphatic heterocycles. The predicted octanol–water partition coefficient (Wildman–Crippen LogP) is 3.24. The second-order valence-electron chi connectivity index (χ2n) is 5.93. The summed E-state index contributed by atoms with van der Waals surface area (Å²) in [5.41, 5.74) is 1.95. The number of nitrogens with one attached hydrogen (secondary N) is 3. The van der Waals surface area contributed by atoms with Crippen molar-refractivity contribution in [3.8, 4) is 0 Å². The first-order valence-electron chi connectivity index (χ1n) is 7.93. The van der Waals surface area contributed by atoms with E-state index in [0.29, 0.717) is 29.6 Å². The van der Waals surface area contributed by atoms with Crippen molar-refractivity contribution in [3.05, 3.63) is 36.0 Å². The molecule has 0 unspecified atom stereocenters. The number of aromatic nitrogens is 1. The zero-order chi connectivity index (χ0) is 18.2. The second kappa shape index (κ2) is 8.72. The highest BCUT2D eigenvalue weighted by Crippen LogP contribution is 2.15. The molecule has 2 amide bonds. The first-order valence-corrected chi connectivity index (χ1v) is 7.93. The van der Waals surface area contributed by atoms with Crippen molar-refractivity contribution in [1.29, 1.82) is 0 Å². The molecule has 1 heterocycles. The highest BCUT2D eigenvalue weighted by molar-refractivity contribution is 5.92. The smallest absolute Gasteiger partial charge is 0.411 e. The average molecular weight is 346 g/mol. The van der Waals surface area contributed by atoms with E-state index in [-0.39, 0.29) is 18.4 Å². The van der Waals surface area contributed by atoms with Crippen molar-refractivity contribution in [1.82, 2.24) is 5.16 Å². The number of aryl methyl sites for hydroxylation is 1. The predicted molar refractivity (Wildman–Crippen MR) is 94.6 cm³/mol. The Morgan fingerprint density at radius 3 is 2.64 bits per heavy atom. The van der Waals surface area contributed by atoms with Gasteiger partial charge >= 0.3 is 6.09 Å². The molecule has 0 bridgehead atoms. The Balaban J connectivity index is 1.82. The zero-order valence-corrected chi connectivity index (χ0v) is 14.5. The molecule has 2 aromatic rings. The van der Waals surface area contributed by atoms with E-state index in [1.54, 1.807) is 37.3 Å². The normalized spacial score (nSPS) is 10.4. The van der Waals surface area contributed by atoms with Gasteiger partial charge in [0.15, 0.2) is 0 Å². The Labute approximate surface area is 145 Å². The van der Waals surface area contributed by atoms with Crippen molar-refractivity contribution in [2.24, 2.45) is 5.92 Å². The van der Waals surface area contributed by atoms with Gasteiger partial charge in [-0.2, -0.15) is 0 Å². The Hall–Kier alpha value is -3.03. The summed E-state index contributed by atoms with van der Waals surface area (Å²) < 4.78 is 9.98. The van der Waals surface area contributed by atoms with E-state index in [9.17, 15) is 9.59 Å². The molecule has 8 nitrogen and oxygen atoms in total. The summed E-state index contributed by atoms with van der Waals surface area (Å²) in [6.07, 6.45) is -0.510.